The third kappa shape index (κ3) is 1.62. The summed E-state index contributed by atoms with van der Waals surface area (Å²) in [4.78, 5) is 0. The molecule has 0 bridgehead atoms. The summed E-state index contributed by atoms with van der Waals surface area (Å²) in [6, 6.07) is 0. The Labute approximate surface area is 53.8 Å². The van der Waals surface area contributed by atoms with E-state index in [2.05, 4.69) is 5.32 Å². The van der Waals surface area contributed by atoms with Crippen molar-refractivity contribution >= 4 is 11.6 Å². The molecule has 1 fully saturated rings. The van der Waals surface area contributed by atoms with Gasteiger partial charge in [-0.2, -0.15) is 0 Å². The summed E-state index contributed by atoms with van der Waals surface area (Å²) in [5, 5.41) is 12.1. The van der Waals surface area contributed by atoms with Crippen LogP contribution in [-0.2, 0) is 0 Å². The molecule has 2 nitrogen and oxygen atoms in total. The largest absolute Gasteiger partial charge is 0.392 e. The van der Waals surface area contributed by atoms with E-state index in [1.54, 1.807) is 0 Å². The van der Waals surface area contributed by atoms with Gasteiger partial charge in [0, 0.05) is 18.5 Å². The van der Waals surface area contributed by atoms with Crippen LogP contribution in [0, 0.1) is 0 Å². The monoisotopic (exact) mass is 135 g/mol. The maximum atomic E-state index is 8.93. The van der Waals surface area contributed by atoms with Crippen molar-refractivity contribution in [2.24, 2.45) is 0 Å². The number of piperidine rings is 1. The van der Waals surface area contributed by atoms with Gasteiger partial charge in [0.15, 0.2) is 0 Å². The van der Waals surface area contributed by atoms with E-state index in [0.29, 0.717) is 6.54 Å². The minimum atomic E-state index is -0.230. The highest BCUT2D eigenvalue weighted by atomic mass is 35.5. The Morgan fingerprint density at radius 3 is 2.62 bits per heavy atom. The number of hydrogen-bond acceptors (Lipinski definition) is 2. The standard InChI is InChI=1S/C5H10ClNO/c6-4-1-5(8)3-7-2-4/h4-5,7-8H,1-3H2/t4-,5-/m1/s1. The normalized spacial score (nSPS) is 39.8. The Morgan fingerprint density at radius 2 is 2.25 bits per heavy atom. The molecule has 0 radical (unpaired) electrons. The van der Waals surface area contributed by atoms with Gasteiger partial charge in [-0.3, -0.25) is 0 Å². The first-order valence-corrected chi connectivity index (χ1v) is 3.25. The summed E-state index contributed by atoms with van der Waals surface area (Å²) in [6.45, 7) is 1.53. The summed E-state index contributed by atoms with van der Waals surface area (Å²) in [7, 11) is 0. The Kier molecular flexibility index (Phi) is 2.11. The molecule has 0 aromatic carbocycles. The van der Waals surface area contributed by atoms with Gasteiger partial charge in [0.05, 0.1) is 6.10 Å². The van der Waals surface area contributed by atoms with Crippen molar-refractivity contribution in [2.75, 3.05) is 13.1 Å². The first-order valence-electron chi connectivity index (χ1n) is 2.82. The van der Waals surface area contributed by atoms with Crippen LogP contribution >= 0.6 is 11.6 Å². The maximum Gasteiger partial charge on any atom is 0.0679 e. The minimum Gasteiger partial charge on any atom is -0.392 e. The molecule has 2 atom stereocenters. The highest BCUT2D eigenvalue weighted by Gasteiger charge is 2.16. The Morgan fingerprint density at radius 1 is 1.50 bits per heavy atom. The number of rotatable bonds is 0. The number of aliphatic hydroxyl groups is 1. The lowest BCUT2D eigenvalue weighted by Crippen LogP contribution is -2.39. The molecule has 48 valence electrons. The first-order chi connectivity index (χ1) is 3.79. The minimum absolute atomic E-state index is 0.124. The molecule has 0 spiro atoms. The molecule has 0 unspecified atom stereocenters. The van der Waals surface area contributed by atoms with Crippen LogP contribution in [0.25, 0.3) is 0 Å². The highest BCUT2D eigenvalue weighted by Crippen LogP contribution is 2.07. The Hall–Kier alpha value is 0.210. The number of β-amino-alcohol motifs (C(OH)–C–C–N with tert-alkyl or cyclic N) is 1. The van der Waals surface area contributed by atoms with Gasteiger partial charge in [0.25, 0.3) is 0 Å². The number of aliphatic hydroxyl groups excluding tert-OH is 1. The second-order valence-electron chi connectivity index (χ2n) is 2.15. The van der Waals surface area contributed by atoms with Gasteiger partial charge >= 0.3 is 0 Å². The molecule has 2 N–H and O–H groups in total. The molecular weight excluding hydrogens is 126 g/mol. The van der Waals surface area contributed by atoms with Crippen molar-refractivity contribution in [1.29, 1.82) is 0 Å². The van der Waals surface area contributed by atoms with E-state index >= 15 is 0 Å². The second kappa shape index (κ2) is 2.67. The van der Waals surface area contributed by atoms with Crippen molar-refractivity contribution in [2.45, 2.75) is 17.9 Å². The lowest BCUT2D eigenvalue weighted by molar-refractivity contribution is 0.144. The summed E-state index contributed by atoms with van der Waals surface area (Å²) >= 11 is 5.69. The van der Waals surface area contributed by atoms with E-state index in [1.165, 1.54) is 0 Å². The molecule has 1 aliphatic rings. The zero-order valence-electron chi connectivity index (χ0n) is 4.60. The maximum absolute atomic E-state index is 8.93. The van der Waals surface area contributed by atoms with Gasteiger partial charge in [-0.1, -0.05) is 0 Å². The predicted molar refractivity (Wildman–Crippen MR) is 33.1 cm³/mol. The highest BCUT2D eigenvalue weighted by molar-refractivity contribution is 6.20. The fourth-order valence-electron chi connectivity index (χ4n) is 0.868. The van der Waals surface area contributed by atoms with E-state index in [1.807, 2.05) is 0 Å². The van der Waals surface area contributed by atoms with Crippen LogP contribution in [0.5, 0.6) is 0 Å². The average Bonchev–Trinajstić information content (AvgIpc) is 1.64. The predicted octanol–water partition coefficient (Wildman–Crippen LogP) is -0.0520. The molecule has 0 amide bonds. The van der Waals surface area contributed by atoms with Gasteiger partial charge < -0.3 is 10.4 Å². The van der Waals surface area contributed by atoms with Gasteiger partial charge in [-0.25, -0.2) is 0 Å². The Balaban J connectivity index is 2.23. The molecular formula is C5H10ClNO. The molecule has 0 saturated carbocycles. The summed E-state index contributed by atoms with van der Waals surface area (Å²) in [5.41, 5.74) is 0. The van der Waals surface area contributed by atoms with Crippen LogP contribution in [0.3, 0.4) is 0 Å². The van der Waals surface area contributed by atoms with Gasteiger partial charge in [0.2, 0.25) is 0 Å². The fraction of sp³-hybridized carbons (Fsp3) is 1.00. The van der Waals surface area contributed by atoms with Crippen LogP contribution in [0.4, 0.5) is 0 Å². The number of hydrogen-bond donors (Lipinski definition) is 2. The zero-order chi connectivity index (χ0) is 5.98. The van der Waals surface area contributed by atoms with Crippen LogP contribution < -0.4 is 5.32 Å². The molecule has 1 heterocycles. The van der Waals surface area contributed by atoms with E-state index in [9.17, 15) is 0 Å². The molecule has 1 rings (SSSR count). The molecule has 1 aliphatic heterocycles. The lowest BCUT2D eigenvalue weighted by Gasteiger charge is -2.21. The summed E-state index contributed by atoms with van der Waals surface area (Å²) in [6.07, 6.45) is 0.500. The summed E-state index contributed by atoms with van der Waals surface area (Å²) in [5.74, 6) is 0. The van der Waals surface area contributed by atoms with Gasteiger partial charge in [-0.05, 0) is 6.42 Å². The zero-order valence-corrected chi connectivity index (χ0v) is 5.36. The van der Waals surface area contributed by atoms with Gasteiger partial charge in [0.1, 0.15) is 0 Å². The summed E-state index contributed by atoms with van der Waals surface area (Å²) < 4.78 is 0. The van der Waals surface area contributed by atoms with E-state index < -0.39 is 0 Å². The number of alkyl halides is 1. The van der Waals surface area contributed by atoms with Crippen molar-refractivity contribution < 1.29 is 5.11 Å². The lowest BCUT2D eigenvalue weighted by atomic mass is 10.1. The third-order valence-electron chi connectivity index (χ3n) is 1.27. The van der Waals surface area contributed by atoms with Gasteiger partial charge in [-0.15, -0.1) is 11.6 Å². The van der Waals surface area contributed by atoms with Crippen LogP contribution in [0.2, 0.25) is 0 Å². The first kappa shape index (κ1) is 6.33. The molecule has 0 aliphatic carbocycles. The number of nitrogens with one attached hydrogen (secondary N) is 1. The Bertz CT molecular complexity index is 70.8. The smallest absolute Gasteiger partial charge is 0.0679 e. The average molecular weight is 136 g/mol. The van der Waals surface area contributed by atoms with Crippen molar-refractivity contribution in [1.82, 2.24) is 5.32 Å². The van der Waals surface area contributed by atoms with E-state index in [4.69, 9.17) is 16.7 Å². The molecule has 8 heavy (non-hydrogen) atoms. The molecule has 1 saturated heterocycles. The fourth-order valence-corrected chi connectivity index (χ4v) is 1.18. The van der Waals surface area contributed by atoms with Crippen LogP contribution in [0.15, 0.2) is 0 Å². The quantitative estimate of drug-likeness (QED) is 0.457. The molecule has 0 aromatic rings. The van der Waals surface area contributed by atoms with Crippen molar-refractivity contribution in [3.05, 3.63) is 0 Å². The van der Waals surface area contributed by atoms with E-state index in [0.717, 1.165) is 13.0 Å². The number of halogens is 1. The van der Waals surface area contributed by atoms with Crippen molar-refractivity contribution in [3.63, 3.8) is 0 Å². The molecule has 0 aromatic heterocycles. The second-order valence-corrected chi connectivity index (χ2v) is 2.76. The van der Waals surface area contributed by atoms with Crippen molar-refractivity contribution in [3.8, 4) is 0 Å². The van der Waals surface area contributed by atoms with Crippen LogP contribution in [0.1, 0.15) is 6.42 Å². The van der Waals surface area contributed by atoms with E-state index in [-0.39, 0.29) is 11.5 Å². The third-order valence-corrected chi connectivity index (χ3v) is 1.61. The molecule has 3 heteroatoms. The SMILES string of the molecule is O[C@H]1CNC[C@H](Cl)C1. The topological polar surface area (TPSA) is 32.3 Å². The van der Waals surface area contributed by atoms with Crippen LogP contribution in [-0.4, -0.2) is 29.7 Å².